The van der Waals surface area contributed by atoms with Crippen molar-refractivity contribution in [3.8, 4) is 0 Å². The normalized spacial score (nSPS) is 19.1. The number of aromatic nitrogens is 2. The molecule has 52 heavy (non-hydrogen) atoms. The number of methoxy groups -OCH3 is 2. The van der Waals surface area contributed by atoms with Crippen LogP contribution in [0.5, 0.6) is 0 Å². The zero-order chi connectivity index (χ0) is 38.7. The van der Waals surface area contributed by atoms with Crippen LogP contribution in [0.2, 0.25) is 0 Å². The second kappa shape index (κ2) is 19.7. The molecule has 3 amide bonds. The Labute approximate surface area is 309 Å². The number of carbonyl (C=O) groups excluding carboxylic acids is 3. The summed E-state index contributed by atoms with van der Waals surface area (Å²) in [5.41, 5.74) is 1.58. The smallest absolute Gasteiger partial charge is 0.326 e. The Hall–Kier alpha value is -4.10. The summed E-state index contributed by atoms with van der Waals surface area (Å²) in [6.45, 7) is 13.9. The van der Waals surface area contributed by atoms with Gasteiger partial charge in [-0.05, 0) is 37.2 Å². The van der Waals surface area contributed by atoms with Gasteiger partial charge >= 0.3 is 5.97 Å². The summed E-state index contributed by atoms with van der Waals surface area (Å²) in [4.78, 5) is 66.1. The van der Waals surface area contributed by atoms with Gasteiger partial charge in [0.2, 0.25) is 17.7 Å². The number of nitrogens with one attached hydrogen (secondary N) is 2. The van der Waals surface area contributed by atoms with Crippen LogP contribution in [0.1, 0.15) is 84.4 Å². The number of carboxylic acids is 1. The molecule has 9 atom stereocenters. The number of likely N-dealkylation sites (N-methyl/N-ethyl adjacent to an activating group) is 1. The lowest BCUT2D eigenvalue weighted by Crippen LogP contribution is -2.56. The fourth-order valence-electron chi connectivity index (χ4n) is 7.37. The fraction of sp³-hybridized carbons (Fsp3) is 0.641. The lowest BCUT2D eigenvalue weighted by atomic mass is 9.89. The van der Waals surface area contributed by atoms with Gasteiger partial charge in [-0.25, -0.2) is 14.8 Å². The zero-order valence-corrected chi connectivity index (χ0v) is 32.5. The standard InChI is InChI=1S/C39H60N6O7/c1-11-24(4)35(44(8)38(48)33(23(2)3)42-31-20-25(5)40-22-41-31)30(51-9)21-32(46)45-19-15-18-29(45)36(52-10)27(7)37(47)43-34(39(49)50)26(6)28-16-13-12-14-17-28/h12-14,16-17,20,22-24,26-27,29-30,33-36H,11,15,18-19,21H2,1-10H3,(H,43,47)(H,49,50)(H,40,41,42)/t24-,26?,27+,29-,30+,33-,34?,35-,36+/m0/s1. The van der Waals surface area contributed by atoms with Crippen LogP contribution in [0, 0.1) is 24.7 Å². The number of hydrogen-bond acceptors (Lipinski definition) is 9. The number of aryl methyl sites for hydroxylation is 1. The van der Waals surface area contributed by atoms with Crippen LogP contribution in [-0.2, 0) is 28.7 Å². The van der Waals surface area contributed by atoms with Crippen molar-refractivity contribution >= 4 is 29.5 Å². The van der Waals surface area contributed by atoms with E-state index in [0.717, 1.165) is 24.1 Å². The average Bonchev–Trinajstić information content (AvgIpc) is 3.61. The number of benzene rings is 1. The Balaban J connectivity index is 1.78. The molecule has 2 aromatic rings. The molecule has 1 aromatic carbocycles. The van der Waals surface area contributed by atoms with Gasteiger partial charge in [0.05, 0.1) is 36.6 Å². The van der Waals surface area contributed by atoms with E-state index in [1.165, 1.54) is 13.4 Å². The van der Waals surface area contributed by atoms with Crippen LogP contribution >= 0.6 is 0 Å². The van der Waals surface area contributed by atoms with E-state index >= 15 is 0 Å². The van der Waals surface area contributed by atoms with E-state index < -0.39 is 60.1 Å². The molecule has 13 heteroatoms. The molecular weight excluding hydrogens is 664 g/mol. The van der Waals surface area contributed by atoms with E-state index in [4.69, 9.17) is 9.47 Å². The van der Waals surface area contributed by atoms with Crippen LogP contribution in [-0.4, -0.2) is 113 Å². The number of aliphatic carboxylic acids is 1. The monoisotopic (exact) mass is 724 g/mol. The van der Waals surface area contributed by atoms with E-state index in [-0.39, 0.29) is 30.1 Å². The zero-order valence-electron chi connectivity index (χ0n) is 32.5. The highest BCUT2D eigenvalue weighted by molar-refractivity contribution is 5.86. The number of anilines is 1. The predicted octanol–water partition coefficient (Wildman–Crippen LogP) is 4.51. The van der Waals surface area contributed by atoms with Gasteiger partial charge in [-0.1, -0.05) is 78.3 Å². The van der Waals surface area contributed by atoms with E-state index in [1.54, 1.807) is 43.9 Å². The number of hydrogen-bond donors (Lipinski definition) is 3. The Morgan fingerprint density at radius 3 is 2.25 bits per heavy atom. The van der Waals surface area contributed by atoms with E-state index in [2.05, 4.69) is 27.5 Å². The molecule has 1 fully saturated rings. The summed E-state index contributed by atoms with van der Waals surface area (Å²) in [5, 5.41) is 16.1. The minimum absolute atomic E-state index is 0.00563. The summed E-state index contributed by atoms with van der Waals surface area (Å²) in [5.74, 6) is -2.60. The Morgan fingerprint density at radius 2 is 1.69 bits per heavy atom. The molecular formula is C39H60N6O7. The van der Waals surface area contributed by atoms with Crippen molar-refractivity contribution in [2.24, 2.45) is 17.8 Å². The molecule has 288 valence electrons. The summed E-state index contributed by atoms with van der Waals surface area (Å²) >= 11 is 0. The number of amides is 3. The average molecular weight is 725 g/mol. The molecule has 0 radical (unpaired) electrons. The van der Waals surface area contributed by atoms with E-state index in [1.807, 2.05) is 58.0 Å². The van der Waals surface area contributed by atoms with Crippen molar-refractivity contribution in [2.45, 2.75) is 116 Å². The molecule has 13 nitrogen and oxygen atoms in total. The number of carbonyl (C=O) groups is 4. The third-order valence-corrected chi connectivity index (χ3v) is 10.7. The highest BCUT2D eigenvalue weighted by atomic mass is 16.5. The molecule has 2 heterocycles. The molecule has 1 aliphatic rings. The van der Waals surface area contributed by atoms with Crippen LogP contribution in [0.3, 0.4) is 0 Å². The number of carboxylic acid groups (broad SMARTS) is 1. The lowest BCUT2D eigenvalue weighted by molar-refractivity contribution is -0.147. The molecule has 0 bridgehead atoms. The maximum Gasteiger partial charge on any atom is 0.326 e. The Kier molecular flexibility index (Phi) is 16.0. The highest BCUT2D eigenvalue weighted by Gasteiger charge is 2.43. The van der Waals surface area contributed by atoms with Gasteiger partial charge in [-0.15, -0.1) is 0 Å². The Bertz CT molecular complexity index is 1480. The second-order valence-electron chi connectivity index (χ2n) is 14.5. The first-order valence-corrected chi connectivity index (χ1v) is 18.4. The lowest BCUT2D eigenvalue weighted by Gasteiger charge is -2.41. The molecule has 3 rings (SSSR count). The maximum atomic E-state index is 14.2. The van der Waals surface area contributed by atoms with Crippen molar-refractivity contribution in [3.63, 3.8) is 0 Å². The van der Waals surface area contributed by atoms with Crippen molar-refractivity contribution in [3.05, 3.63) is 54.0 Å². The van der Waals surface area contributed by atoms with Gasteiger partial charge in [-0.3, -0.25) is 14.4 Å². The highest BCUT2D eigenvalue weighted by Crippen LogP contribution is 2.30. The van der Waals surface area contributed by atoms with Gasteiger partial charge in [0.15, 0.2) is 0 Å². The van der Waals surface area contributed by atoms with Gasteiger partial charge in [0, 0.05) is 45.5 Å². The van der Waals surface area contributed by atoms with Crippen LogP contribution in [0.25, 0.3) is 0 Å². The van der Waals surface area contributed by atoms with Gasteiger partial charge < -0.3 is 35.0 Å². The predicted molar refractivity (Wildman–Crippen MR) is 200 cm³/mol. The number of rotatable bonds is 19. The first-order valence-electron chi connectivity index (χ1n) is 18.4. The second-order valence-corrected chi connectivity index (χ2v) is 14.5. The molecule has 1 aliphatic heterocycles. The van der Waals surface area contributed by atoms with Crippen LogP contribution in [0.15, 0.2) is 42.7 Å². The topological polar surface area (TPSA) is 163 Å². The molecule has 1 aromatic heterocycles. The molecule has 0 aliphatic carbocycles. The summed E-state index contributed by atoms with van der Waals surface area (Å²) in [6, 6.07) is 8.45. The Morgan fingerprint density at radius 1 is 1.02 bits per heavy atom. The quantitative estimate of drug-likeness (QED) is 0.188. The number of nitrogens with zero attached hydrogens (tertiary/aromatic N) is 4. The molecule has 1 saturated heterocycles. The van der Waals surface area contributed by atoms with Crippen molar-refractivity contribution in [1.29, 1.82) is 0 Å². The molecule has 2 unspecified atom stereocenters. The van der Waals surface area contributed by atoms with Crippen LogP contribution < -0.4 is 10.6 Å². The first kappa shape index (κ1) is 42.3. The van der Waals surface area contributed by atoms with Crippen molar-refractivity contribution < 1.29 is 33.8 Å². The summed E-state index contributed by atoms with van der Waals surface area (Å²) in [6.07, 6.45) is 2.31. The minimum atomic E-state index is -1.15. The SMILES string of the molecule is CC[C@H](C)[C@@H]([C@@H](CC(=O)N1CCC[C@H]1[C@H](OC)[C@@H](C)C(=O)NC(C(=O)O)C(C)c1ccccc1)OC)N(C)C(=O)[C@@H](Nc1cc(C)ncn1)C(C)C. The van der Waals surface area contributed by atoms with E-state index in [0.29, 0.717) is 18.8 Å². The maximum absolute atomic E-state index is 14.2. The minimum Gasteiger partial charge on any atom is -0.480 e. The third-order valence-electron chi connectivity index (χ3n) is 10.7. The van der Waals surface area contributed by atoms with E-state index in [9.17, 15) is 24.3 Å². The molecule has 0 saturated carbocycles. The van der Waals surface area contributed by atoms with Gasteiger partial charge in [0.1, 0.15) is 24.2 Å². The third kappa shape index (κ3) is 10.5. The van der Waals surface area contributed by atoms with Crippen molar-refractivity contribution in [2.75, 3.05) is 33.1 Å². The summed E-state index contributed by atoms with van der Waals surface area (Å²) < 4.78 is 11.9. The van der Waals surface area contributed by atoms with Gasteiger partial charge in [0.25, 0.3) is 0 Å². The first-order chi connectivity index (χ1) is 24.7. The fourth-order valence-corrected chi connectivity index (χ4v) is 7.37. The molecule has 3 N–H and O–H groups in total. The van der Waals surface area contributed by atoms with Gasteiger partial charge in [-0.2, -0.15) is 0 Å². The van der Waals surface area contributed by atoms with Crippen molar-refractivity contribution in [1.82, 2.24) is 25.1 Å². The molecule has 0 spiro atoms. The van der Waals surface area contributed by atoms with Crippen LogP contribution in [0.4, 0.5) is 5.82 Å². The number of likely N-dealkylation sites (tertiary alicyclic amines) is 1. The largest absolute Gasteiger partial charge is 0.480 e. The summed E-state index contributed by atoms with van der Waals surface area (Å²) in [7, 11) is 4.84. The number of ether oxygens (including phenoxy) is 2.